The number of hydrogen-bond acceptors (Lipinski definition) is 2. The Morgan fingerprint density at radius 3 is 2.29 bits per heavy atom. The third kappa shape index (κ3) is 4.63. The van der Waals surface area contributed by atoms with Gasteiger partial charge in [-0.2, -0.15) is 0 Å². The lowest BCUT2D eigenvalue weighted by Crippen LogP contribution is -2.30. The van der Waals surface area contributed by atoms with E-state index in [-0.39, 0.29) is 5.91 Å². The first-order valence-corrected chi connectivity index (χ1v) is 7.35. The van der Waals surface area contributed by atoms with Gasteiger partial charge in [-0.15, -0.1) is 0 Å². The van der Waals surface area contributed by atoms with Gasteiger partial charge >= 0.3 is 0 Å². The van der Waals surface area contributed by atoms with Gasteiger partial charge in [0.1, 0.15) is 0 Å². The molecule has 0 unspecified atom stereocenters. The highest BCUT2D eigenvalue weighted by molar-refractivity contribution is 5.76. The molecule has 0 aliphatic rings. The summed E-state index contributed by atoms with van der Waals surface area (Å²) in [7, 11) is 0. The highest BCUT2D eigenvalue weighted by Crippen LogP contribution is 2.11. The normalized spacial score (nSPS) is 10.3. The molecule has 2 aromatic carbocycles. The largest absolute Gasteiger partial charge is 0.399 e. The predicted molar refractivity (Wildman–Crippen MR) is 86.7 cm³/mol. The van der Waals surface area contributed by atoms with Gasteiger partial charge in [-0.1, -0.05) is 42.5 Å². The van der Waals surface area contributed by atoms with E-state index in [4.69, 9.17) is 5.73 Å². The maximum Gasteiger partial charge on any atom is 0.223 e. The summed E-state index contributed by atoms with van der Waals surface area (Å²) in [6.07, 6.45) is 1.34. The van der Waals surface area contributed by atoms with Gasteiger partial charge in [0.25, 0.3) is 0 Å². The molecule has 0 spiro atoms. The molecule has 0 heterocycles. The van der Waals surface area contributed by atoms with Gasteiger partial charge in [-0.3, -0.25) is 4.79 Å². The molecule has 0 fully saturated rings. The first kappa shape index (κ1) is 15.1. The number of aryl methyl sites for hydroxylation is 1. The highest BCUT2D eigenvalue weighted by atomic mass is 16.2. The number of amides is 1. The number of rotatable bonds is 6. The molecule has 0 aliphatic carbocycles. The van der Waals surface area contributed by atoms with E-state index in [1.807, 2.05) is 54.3 Å². The van der Waals surface area contributed by atoms with Crippen LogP contribution in [-0.4, -0.2) is 17.4 Å². The quantitative estimate of drug-likeness (QED) is 0.827. The molecule has 3 nitrogen and oxygen atoms in total. The van der Waals surface area contributed by atoms with Crippen LogP contribution in [0.3, 0.4) is 0 Å². The van der Waals surface area contributed by atoms with Crippen molar-refractivity contribution in [2.45, 2.75) is 26.3 Å². The number of nitrogen functional groups attached to an aromatic ring is 1. The van der Waals surface area contributed by atoms with Crippen molar-refractivity contribution < 1.29 is 4.79 Å². The molecule has 0 radical (unpaired) electrons. The van der Waals surface area contributed by atoms with Crippen molar-refractivity contribution in [1.82, 2.24) is 4.90 Å². The van der Waals surface area contributed by atoms with Crippen LogP contribution in [0, 0.1) is 0 Å². The third-order valence-electron chi connectivity index (χ3n) is 3.56. The number of carbonyl (C=O) groups is 1. The molecule has 0 aliphatic heterocycles. The van der Waals surface area contributed by atoms with Crippen LogP contribution in [0.15, 0.2) is 54.6 Å². The number of anilines is 1. The van der Waals surface area contributed by atoms with Crippen LogP contribution in [-0.2, 0) is 17.8 Å². The Labute approximate surface area is 126 Å². The average molecular weight is 282 g/mol. The van der Waals surface area contributed by atoms with E-state index in [1.54, 1.807) is 0 Å². The fourth-order valence-electron chi connectivity index (χ4n) is 2.27. The lowest BCUT2D eigenvalue weighted by molar-refractivity contribution is -0.131. The zero-order valence-corrected chi connectivity index (χ0v) is 12.5. The van der Waals surface area contributed by atoms with Gasteiger partial charge < -0.3 is 10.6 Å². The van der Waals surface area contributed by atoms with Crippen molar-refractivity contribution in [2.75, 3.05) is 12.3 Å². The standard InChI is InChI=1S/C18H22N2O/c1-2-20(14-16-8-11-17(19)12-9-16)18(21)13-10-15-6-4-3-5-7-15/h3-9,11-12H,2,10,13-14,19H2,1H3. The Kier molecular flexibility index (Phi) is 5.38. The minimum atomic E-state index is 0.193. The van der Waals surface area contributed by atoms with Crippen LogP contribution >= 0.6 is 0 Å². The van der Waals surface area contributed by atoms with Crippen molar-refractivity contribution >= 4 is 11.6 Å². The molecule has 2 rings (SSSR count). The second kappa shape index (κ2) is 7.48. The molecule has 0 atom stereocenters. The van der Waals surface area contributed by atoms with Crippen LogP contribution in [0.25, 0.3) is 0 Å². The van der Waals surface area contributed by atoms with E-state index in [2.05, 4.69) is 12.1 Å². The smallest absolute Gasteiger partial charge is 0.223 e. The molecular weight excluding hydrogens is 260 g/mol. The van der Waals surface area contributed by atoms with Crippen LogP contribution in [0.5, 0.6) is 0 Å². The minimum Gasteiger partial charge on any atom is -0.399 e. The summed E-state index contributed by atoms with van der Waals surface area (Å²) < 4.78 is 0. The Bertz CT molecular complexity index is 564. The topological polar surface area (TPSA) is 46.3 Å². The number of nitrogens with zero attached hydrogens (tertiary/aromatic N) is 1. The Balaban J connectivity index is 1.90. The average Bonchev–Trinajstić information content (AvgIpc) is 2.53. The van der Waals surface area contributed by atoms with Gasteiger partial charge in [0.15, 0.2) is 0 Å². The second-order valence-corrected chi connectivity index (χ2v) is 5.14. The zero-order chi connectivity index (χ0) is 15.1. The molecule has 0 saturated heterocycles. The van der Waals surface area contributed by atoms with Crippen molar-refractivity contribution in [2.24, 2.45) is 0 Å². The summed E-state index contributed by atoms with van der Waals surface area (Å²) in [5, 5.41) is 0. The first-order chi connectivity index (χ1) is 10.2. The van der Waals surface area contributed by atoms with E-state index in [9.17, 15) is 4.79 Å². The highest BCUT2D eigenvalue weighted by Gasteiger charge is 2.12. The molecule has 110 valence electrons. The monoisotopic (exact) mass is 282 g/mol. The molecule has 3 heteroatoms. The summed E-state index contributed by atoms with van der Waals surface area (Å²) in [5.74, 6) is 0.193. The van der Waals surface area contributed by atoms with Gasteiger partial charge in [0, 0.05) is 25.2 Å². The van der Waals surface area contributed by atoms with E-state index in [1.165, 1.54) is 5.56 Å². The molecule has 0 saturated carbocycles. The third-order valence-corrected chi connectivity index (χ3v) is 3.56. The second-order valence-electron chi connectivity index (χ2n) is 5.14. The van der Waals surface area contributed by atoms with Crippen LogP contribution in [0.4, 0.5) is 5.69 Å². The van der Waals surface area contributed by atoms with Crippen LogP contribution in [0.1, 0.15) is 24.5 Å². The molecule has 21 heavy (non-hydrogen) atoms. The van der Waals surface area contributed by atoms with Crippen molar-refractivity contribution in [3.8, 4) is 0 Å². The number of benzene rings is 2. The van der Waals surface area contributed by atoms with E-state index >= 15 is 0 Å². The number of carbonyl (C=O) groups excluding carboxylic acids is 1. The molecule has 0 aromatic heterocycles. The van der Waals surface area contributed by atoms with Crippen molar-refractivity contribution in [3.05, 3.63) is 65.7 Å². The van der Waals surface area contributed by atoms with E-state index < -0.39 is 0 Å². The summed E-state index contributed by atoms with van der Waals surface area (Å²) in [6, 6.07) is 17.8. The fourth-order valence-corrected chi connectivity index (χ4v) is 2.27. The SMILES string of the molecule is CCN(Cc1ccc(N)cc1)C(=O)CCc1ccccc1. The maximum atomic E-state index is 12.3. The first-order valence-electron chi connectivity index (χ1n) is 7.35. The molecular formula is C18H22N2O. The van der Waals surface area contributed by atoms with Crippen molar-refractivity contribution in [1.29, 1.82) is 0 Å². The lowest BCUT2D eigenvalue weighted by Gasteiger charge is -2.21. The Hall–Kier alpha value is -2.29. The van der Waals surface area contributed by atoms with Crippen LogP contribution in [0.2, 0.25) is 0 Å². The Morgan fingerprint density at radius 2 is 1.67 bits per heavy atom. The van der Waals surface area contributed by atoms with Crippen molar-refractivity contribution in [3.63, 3.8) is 0 Å². The summed E-state index contributed by atoms with van der Waals surface area (Å²) in [5.41, 5.74) is 8.74. The summed E-state index contributed by atoms with van der Waals surface area (Å²) in [6.45, 7) is 3.38. The van der Waals surface area contributed by atoms with Gasteiger partial charge in [-0.25, -0.2) is 0 Å². The van der Waals surface area contributed by atoms with Gasteiger partial charge in [-0.05, 0) is 36.6 Å². The van der Waals surface area contributed by atoms with Gasteiger partial charge in [0.05, 0.1) is 0 Å². The molecule has 0 bridgehead atoms. The Morgan fingerprint density at radius 1 is 1.00 bits per heavy atom. The summed E-state index contributed by atoms with van der Waals surface area (Å²) >= 11 is 0. The molecule has 2 N–H and O–H groups in total. The molecule has 2 aromatic rings. The predicted octanol–water partition coefficient (Wildman–Crippen LogP) is 3.25. The van der Waals surface area contributed by atoms with Crippen LogP contribution < -0.4 is 5.73 Å². The number of nitrogens with two attached hydrogens (primary N) is 1. The van der Waals surface area contributed by atoms with Gasteiger partial charge in [0.2, 0.25) is 5.91 Å². The van der Waals surface area contributed by atoms with E-state index in [0.717, 1.165) is 24.2 Å². The zero-order valence-electron chi connectivity index (χ0n) is 12.5. The maximum absolute atomic E-state index is 12.3. The summed E-state index contributed by atoms with van der Waals surface area (Å²) in [4.78, 5) is 14.2. The fraction of sp³-hybridized carbons (Fsp3) is 0.278. The molecule has 1 amide bonds. The van der Waals surface area contributed by atoms with E-state index in [0.29, 0.717) is 13.0 Å². The lowest BCUT2D eigenvalue weighted by atomic mass is 10.1. The minimum absolute atomic E-state index is 0.193. The number of hydrogen-bond donors (Lipinski definition) is 1.